The quantitative estimate of drug-likeness (QED) is 0.345. The summed E-state index contributed by atoms with van der Waals surface area (Å²) < 4.78 is 16.5. The van der Waals surface area contributed by atoms with E-state index in [2.05, 4.69) is 36.3 Å². The van der Waals surface area contributed by atoms with Gasteiger partial charge in [-0.15, -0.1) is 0 Å². The van der Waals surface area contributed by atoms with E-state index < -0.39 is 0 Å². The van der Waals surface area contributed by atoms with Crippen molar-refractivity contribution in [1.29, 1.82) is 0 Å². The van der Waals surface area contributed by atoms with E-state index >= 15 is 0 Å². The molecule has 1 N–H and O–H groups in total. The van der Waals surface area contributed by atoms with E-state index in [9.17, 15) is 0 Å². The summed E-state index contributed by atoms with van der Waals surface area (Å²) in [4.78, 5) is 7.10. The minimum atomic E-state index is 0.635. The molecule has 1 fully saturated rings. The van der Waals surface area contributed by atoms with Crippen molar-refractivity contribution >= 4 is 5.96 Å². The second-order valence-electron chi connectivity index (χ2n) is 7.52. The molecule has 0 atom stereocenters. The third-order valence-electron chi connectivity index (χ3n) is 5.32. The van der Waals surface area contributed by atoms with Gasteiger partial charge in [-0.05, 0) is 69.6 Å². The lowest BCUT2D eigenvalue weighted by Crippen LogP contribution is -2.40. The van der Waals surface area contributed by atoms with Crippen LogP contribution in [0.2, 0.25) is 0 Å². The second-order valence-corrected chi connectivity index (χ2v) is 7.52. The second kappa shape index (κ2) is 13.3. The van der Waals surface area contributed by atoms with Gasteiger partial charge in [0.1, 0.15) is 0 Å². The van der Waals surface area contributed by atoms with Crippen LogP contribution in [-0.2, 0) is 11.2 Å². The van der Waals surface area contributed by atoms with Crippen molar-refractivity contribution in [2.24, 2.45) is 10.9 Å². The normalized spacial score (nSPS) is 15.2. The van der Waals surface area contributed by atoms with Gasteiger partial charge in [-0.25, -0.2) is 0 Å². The Hall–Kier alpha value is -1.95. The summed E-state index contributed by atoms with van der Waals surface area (Å²) in [5.74, 6) is 3.39. The zero-order chi connectivity index (χ0) is 20.9. The number of benzene rings is 1. The minimum Gasteiger partial charge on any atom is -0.493 e. The Bertz CT molecular complexity index is 615. The molecule has 1 aliphatic heterocycles. The van der Waals surface area contributed by atoms with Crippen molar-refractivity contribution in [3.05, 3.63) is 23.8 Å². The van der Waals surface area contributed by atoms with Gasteiger partial charge >= 0.3 is 0 Å². The van der Waals surface area contributed by atoms with Gasteiger partial charge in [0, 0.05) is 39.9 Å². The number of nitrogens with one attached hydrogen (secondary N) is 1. The highest BCUT2D eigenvalue weighted by Gasteiger charge is 2.15. The molecule has 0 aliphatic carbocycles. The summed E-state index contributed by atoms with van der Waals surface area (Å²) >= 11 is 0. The SMILES string of the molecule is CCNC(=NCCCc1ccc(OC)c(OCC)c1)N(C)CCC1CCOCC1. The first-order chi connectivity index (χ1) is 14.2. The lowest BCUT2D eigenvalue weighted by Gasteiger charge is -2.26. The van der Waals surface area contributed by atoms with E-state index in [1.807, 2.05) is 13.0 Å². The van der Waals surface area contributed by atoms with Gasteiger partial charge in [0.15, 0.2) is 17.5 Å². The molecule has 1 aromatic carbocycles. The molecule has 1 aliphatic rings. The number of hydrogen-bond acceptors (Lipinski definition) is 4. The molecule has 2 rings (SSSR count). The van der Waals surface area contributed by atoms with E-state index in [-0.39, 0.29) is 0 Å². The summed E-state index contributed by atoms with van der Waals surface area (Å²) in [6.45, 7) is 9.30. The van der Waals surface area contributed by atoms with Crippen molar-refractivity contribution in [3.63, 3.8) is 0 Å². The first kappa shape index (κ1) is 23.3. The van der Waals surface area contributed by atoms with Gasteiger partial charge < -0.3 is 24.4 Å². The van der Waals surface area contributed by atoms with Crippen LogP contribution < -0.4 is 14.8 Å². The lowest BCUT2D eigenvalue weighted by atomic mass is 9.96. The summed E-state index contributed by atoms with van der Waals surface area (Å²) in [7, 11) is 3.81. The van der Waals surface area contributed by atoms with Crippen LogP contribution in [0.1, 0.15) is 45.1 Å². The molecule has 6 nitrogen and oxygen atoms in total. The summed E-state index contributed by atoms with van der Waals surface area (Å²) in [5.41, 5.74) is 1.25. The van der Waals surface area contributed by atoms with Crippen molar-refractivity contribution in [3.8, 4) is 11.5 Å². The van der Waals surface area contributed by atoms with Crippen molar-refractivity contribution < 1.29 is 14.2 Å². The van der Waals surface area contributed by atoms with Gasteiger partial charge in [-0.2, -0.15) is 0 Å². The Labute approximate surface area is 176 Å². The topological polar surface area (TPSA) is 55.3 Å². The summed E-state index contributed by atoms with van der Waals surface area (Å²) in [5, 5.41) is 3.42. The summed E-state index contributed by atoms with van der Waals surface area (Å²) in [6.07, 6.45) is 5.55. The van der Waals surface area contributed by atoms with Crippen LogP contribution in [0.15, 0.2) is 23.2 Å². The molecular formula is C23H39N3O3. The van der Waals surface area contributed by atoms with Crippen LogP contribution in [0.4, 0.5) is 0 Å². The average Bonchev–Trinajstić information content (AvgIpc) is 2.75. The molecule has 6 heteroatoms. The first-order valence-corrected chi connectivity index (χ1v) is 11.0. The van der Waals surface area contributed by atoms with E-state index in [1.54, 1.807) is 7.11 Å². The van der Waals surface area contributed by atoms with Crippen LogP contribution >= 0.6 is 0 Å². The van der Waals surface area contributed by atoms with Gasteiger partial charge in [-0.1, -0.05) is 6.07 Å². The zero-order valence-corrected chi connectivity index (χ0v) is 18.7. The van der Waals surface area contributed by atoms with E-state index in [0.29, 0.717) is 6.61 Å². The maximum absolute atomic E-state index is 5.68. The predicted molar refractivity (Wildman–Crippen MR) is 119 cm³/mol. The fraction of sp³-hybridized carbons (Fsp3) is 0.696. The highest BCUT2D eigenvalue weighted by atomic mass is 16.5. The molecule has 164 valence electrons. The summed E-state index contributed by atoms with van der Waals surface area (Å²) in [6, 6.07) is 6.17. The molecule has 0 unspecified atom stereocenters. The fourth-order valence-electron chi connectivity index (χ4n) is 3.60. The third-order valence-corrected chi connectivity index (χ3v) is 5.32. The van der Waals surface area contributed by atoms with Crippen molar-refractivity contribution in [2.45, 2.75) is 46.0 Å². The lowest BCUT2D eigenvalue weighted by molar-refractivity contribution is 0.0625. The molecule has 0 aromatic heterocycles. The van der Waals surface area contributed by atoms with Crippen molar-refractivity contribution in [2.75, 3.05) is 53.6 Å². The molecule has 1 saturated heterocycles. The third kappa shape index (κ3) is 8.13. The highest BCUT2D eigenvalue weighted by Crippen LogP contribution is 2.28. The first-order valence-electron chi connectivity index (χ1n) is 11.0. The largest absolute Gasteiger partial charge is 0.493 e. The van der Waals surface area contributed by atoms with Crippen LogP contribution in [-0.4, -0.2) is 64.5 Å². The molecule has 1 aromatic rings. The molecule has 29 heavy (non-hydrogen) atoms. The zero-order valence-electron chi connectivity index (χ0n) is 18.7. The Morgan fingerprint density at radius 1 is 1.24 bits per heavy atom. The fourth-order valence-corrected chi connectivity index (χ4v) is 3.60. The number of aliphatic imine (C=N–C) groups is 1. The number of aryl methyl sites for hydroxylation is 1. The number of ether oxygens (including phenoxy) is 3. The standard InChI is InChI=1S/C23H39N3O3/c1-5-24-23(26(3)15-11-19-12-16-28-17-13-19)25-14-7-8-20-9-10-21(27-4)22(18-20)29-6-2/h9-10,18-19H,5-8,11-17H2,1-4H3,(H,24,25). The Morgan fingerprint density at radius 2 is 2.03 bits per heavy atom. The van der Waals surface area contributed by atoms with Crippen molar-refractivity contribution in [1.82, 2.24) is 10.2 Å². The number of methoxy groups -OCH3 is 1. The maximum atomic E-state index is 5.68. The minimum absolute atomic E-state index is 0.635. The molecule has 0 saturated carbocycles. The molecule has 0 radical (unpaired) electrons. The molecule has 0 spiro atoms. The Kier molecular flexibility index (Phi) is 10.7. The van der Waals surface area contributed by atoms with E-state index in [1.165, 1.54) is 24.8 Å². The van der Waals surface area contributed by atoms with Crippen LogP contribution in [0.25, 0.3) is 0 Å². The molecule has 1 heterocycles. The number of nitrogens with zero attached hydrogens (tertiary/aromatic N) is 2. The van der Waals surface area contributed by atoms with E-state index in [4.69, 9.17) is 19.2 Å². The number of rotatable bonds is 11. The number of hydrogen-bond donors (Lipinski definition) is 1. The molecular weight excluding hydrogens is 366 g/mol. The van der Waals surface area contributed by atoms with Crippen LogP contribution in [0.5, 0.6) is 11.5 Å². The monoisotopic (exact) mass is 405 g/mol. The van der Waals surface area contributed by atoms with Gasteiger partial charge in [0.2, 0.25) is 0 Å². The van der Waals surface area contributed by atoms with Crippen LogP contribution in [0.3, 0.4) is 0 Å². The van der Waals surface area contributed by atoms with Crippen LogP contribution in [0, 0.1) is 5.92 Å². The smallest absolute Gasteiger partial charge is 0.193 e. The Morgan fingerprint density at radius 3 is 2.72 bits per heavy atom. The van der Waals surface area contributed by atoms with Gasteiger partial charge in [0.25, 0.3) is 0 Å². The molecule has 0 bridgehead atoms. The van der Waals surface area contributed by atoms with Gasteiger partial charge in [-0.3, -0.25) is 4.99 Å². The maximum Gasteiger partial charge on any atom is 0.193 e. The Balaban J connectivity index is 1.82. The van der Waals surface area contributed by atoms with Gasteiger partial charge in [0.05, 0.1) is 13.7 Å². The number of guanidine groups is 1. The molecule has 0 amide bonds. The predicted octanol–water partition coefficient (Wildman–Crippen LogP) is 3.74. The van der Waals surface area contributed by atoms with E-state index in [0.717, 1.165) is 69.1 Å². The highest BCUT2D eigenvalue weighted by molar-refractivity contribution is 5.79. The average molecular weight is 406 g/mol.